The van der Waals surface area contributed by atoms with E-state index in [1.54, 1.807) is 0 Å². The molecule has 1 radical (unpaired) electrons. The smallest absolute Gasteiger partial charge is 0.116 e. The molecule has 0 aliphatic heterocycles. The minimum atomic E-state index is -0.982. The molecule has 22 heavy (non-hydrogen) atoms. The first-order valence-electron chi connectivity index (χ1n) is 7.33. The molecule has 0 aliphatic rings. The average molecular weight is 362 g/mol. The van der Waals surface area contributed by atoms with Gasteiger partial charge in [0.2, 0.25) is 7.42 Å². The lowest BCUT2D eigenvalue weighted by Crippen LogP contribution is -2.37. The summed E-state index contributed by atoms with van der Waals surface area (Å²) in [6.45, 7) is 0. The lowest BCUT2D eigenvalue weighted by molar-refractivity contribution is 1.77. The summed E-state index contributed by atoms with van der Waals surface area (Å²) in [6.07, 6.45) is 0. The topological polar surface area (TPSA) is 0 Å². The minimum absolute atomic E-state index is 0.982. The van der Waals surface area contributed by atoms with E-state index in [1.165, 1.54) is 31.9 Å². The van der Waals surface area contributed by atoms with Gasteiger partial charge in [0, 0.05) is 0 Å². The Labute approximate surface area is 139 Å². The highest BCUT2D eigenvalue weighted by Crippen LogP contribution is 2.17. The highest BCUT2D eigenvalue weighted by molar-refractivity contribution is 9.25. The quantitative estimate of drug-likeness (QED) is 0.364. The molecular weight excluding hydrogens is 348 g/mol. The standard InChI is InChI=1S/C20H14BrSi/c21-22(19-13-5-9-15-7-1-3-11-17(15)19)20-14-6-10-16-8-2-4-12-18(16)20/h1-14H. The van der Waals surface area contributed by atoms with Gasteiger partial charge in [0.1, 0.15) is 0 Å². The minimum Gasteiger partial charge on any atom is -0.116 e. The Morgan fingerprint density at radius 2 is 0.909 bits per heavy atom. The maximum absolute atomic E-state index is 4.04. The molecule has 0 saturated carbocycles. The van der Waals surface area contributed by atoms with Gasteiger partial charge in [-0.3, -0.25) is 0 Å². The molecule has 4 rings (SSSR count). The molecule has 0 N–H and O–H groups in total. The molecule has 0 amide bonds. The Kier molecular flexibility index (Phi) is 3.57. The molecule has 0 heterocycles. The summed E-state index contributed by atoms with van der Waals surface area (Å²) < 4.78 is 0. The summed E-state index contributed by atoms with van der Waals surface area (Å²) in [5.74, 6) is 0. The summed E-state index contributed by atoms with van der Waals surface area (Å²) in [6, 6.07) is 30.5. The molecule has 4 aromatic rings. The normalized spacial score (nSPS) is 11.4. The second-order valence-corrected chi connectivity index (χ2v) is 9.45. The summed E-state index contributed by atoms with van der Waals surface area (Å²) in [4.78, 5) is 0. The molecule has 0 unspecified atom stereocenters. The maximum Gasteiger partial charge on any atom is 0.205 e. The fourth-order valence-corrected chi connectivity index (χ4v) is 6.76. The van der Waals surface area contributed by atoms with Gasteiger partial charge in [0.05, 0.1) is 0 Å². The average Bonchev–Trinajstić information content (AvgIpc) is 2.60. The maximum atomic E-state index is 4.04. The van der Waals surface area contributed by atoms with Gasteiger partial charge in [-0.15, -0.1) is 15.3 Å². The first-order chi connectivity index (χ1) is 10.8. The van der Waals surface area contributed by atoms with Crippen molar-refractivity contribution in [2.75, 3.05) is 0 Å². The van der Waals surface area contributed by atoms with Crippen LogP contribution in [0.25, 0.3) is 21.5 Å². The lowest BCUT2D eigenvalue weighted by atomic mass is 10.1. The number of benzene rings is 4. The molecular formula is C20H14BrSi. The van der Waals surface area contributed by atoms with Crippen LogP contribution in [0, 0.1) is 0 Å². The predicted molar refractivity (Wildman–Crippen MR) is 102 cm³/mol. The molecule has 4 aromatic carbocycles. The van der Waals surface area contributed by atoms with E-state index < -0.39 is 7.42 Å². The van der Waals surface area contributed by atoms with Gasteiger partial charge in [-0.25, -0.2) is 0 Å². The van der Waals surface area contributed by atoms with Crippen LogP contribution in [0.15, 0.2) is 84.9 Å². The van der Waals surface area contributed by atoms with Crippen LogP contribution in [-0.4, -0.2) is 7.42 Å². The fourth-order valence-electron chi connectivity index (χ4n) is 2.98. The predicted octanol–water partition coefficient (Wildman–Crippen LogP) is 4.49. The Bertz CT molecular complexity index is 872. The Morgan fingerprint density at radius 3 is 1.41 bits per heavy atom. The van der Waals surface area contributed by atoms with Gasteiger partial charge in [0.15, 0.2) is 0 Å². The van der Waals surface area contributed by atoms with Crippen molar-refractivity contribution >= 4 is 54.6 Å². The summed E-state index contributed by atoms with van der Waals surface area (Å²) in [7, 11) is -0.982. The molecule has 0 bridgehead atoms. The molecule has 0 nitrogen and oxygen atoms in total. The Morgan fingerprint density at radius 1 is 0.500 bits per heavy atom. The van der Waals surface area contributed by atoms with Crippen LogP contribution in [0.3, 0.4) is 0 Å². The van der Waals surface area contributed by atoms with Crippen LogP contribution >= 0.6 is 15.3 Å². The first-order valence-corrected chi connectivity index (χ1v) is 11.1. The highest BCUT2D eigenvalue weighted by Gasteiger charge is 2.18. The number of hydrogen-bond donors (Lipinski definition) is 0. The van der Waals surface area contributed by atoms with Gasteiger partial charge < -0.3 is 0 Å². The van der Waals surface area contributed by atoms with Crippen molar-refractivity contribution in [1.82, 2.24) is 0 Å². The number of rotatable bonds is 2. The zero-order valence-electron chi connectivity index (χ0n) is 12.0. The van der Waals surface area contributed by atoms with E-state index in [2.05, 4.69) is 100 Å². The van der Waals surface area contributed by atoms with Gasteiger partial charge in [0.25, 0.3) is 0 Å². The van der Waals surface area contributed by atoms with Crippen molar-refractivity contribution in [2.24, 2.45) is 0 Å². The van der Waals surface area contributed by atoms with Crippen LogP contribution in [0.5, 0.6) is 0 Å². The van der Waals surface area contributed by atoms with E-state index in [1.807, 2.05) is 0 Å². The first kappa shape index (κ1) is 13.7. The highest BCUT2D eigenvalue weighted by atomic mass is 79.9. The molecule has 0 saturated heterocycles. The lowest BCUT2D eigenvalue weighted by Gasteiger charge is -2.14. The van der Waals surface area contributed by atoms with E-state index in [0.29, 0.717) is 0 Å². The summed E-state index contributed by atoms with van der Waals surface area (Å²) in [5.41, 5.74) is 0. The van der Waals surface area contributed by atoms with Crippen LogP contribution in [0.4, 0.5) is 0 Å². The summed E-state index contributed by atoms with van der Waals surface area (Å²) in [5, 5.41) is 8.15. The van der Waals surface area contributed by atoms with Gasteiger partial charge in [-0.1, -0.05) is 84.9 Å². The van der Waals surface area contributed by atoms with E-state index in [0.717, 1.165) is 0 Å². The van der Waals surface area contributed by atoms with E-state index in [4.69, 9.17) is 0 Å². The Hall–Kier alpha value is -1.90. The number of halogens is 1. The molecule has 105 valence electrons. The van der Waals surface area contributed by atoms with Crippen molar-refractivity contribution in [1.29, 1.82) is 0 Å². The van der Waals surface area contributed by atoms with Gasteiger partial charge in [-0.2, -0.15) is 0 Å². The monoisotopic (exact) mass is 361 g/mol. The molecule has 0 atom stereocenters. The third kappa shape index (κ3) is 2.29. The zero-order chi connectivity index (χ0) is 14.9. The largest absolute Gasteiger partial charge is 0.205 e. The fraction of sp³-hybridized carbons (Fsp3) is 0. The van der Waals surface area contributed by atoms with Crippen molar-refractivity contribution in [3.8, 4) is 0 Å². The van der Waals surface area contributed by atoms with E-state index >= 15 is 0 Å². The molecule has 0 aromatic heterocycles. The van der Waals surface area contributed by atoms with Crippen LogP contribution < -0.4 is 10.4 Å². The van der Waals surface area contributed by atoms with Crippen molar-refractivity contribution < 1.29 is 0 Å². The SMILES string of the molecule is Br[Si](c1cccc2ccccc12)c1cccc2ccccc12. The summed E-state index contributed by atoms with van der Waals surface area (Å²) >= 11 is 4.04. The van der Waals surface area contributed by atoms with Crippen molar-refractivity contribution in [3.05, 3.63) is 84.9 Å². The molecule has 0 aliphatic carbocycles. The van der Waals surface area contributed by atoms with E-state index in [-0.39, 0.29) is 0 Å². The third-order valence-electron chi connectivity index (χ3n) is 4.05. The van der Waals surface area contributed by atoms with Crippen LogP contribution in [0.1, 0.15) is 0 Å². The van der Waals surface area contributed by atoms with Gasteiger partial charge in [-0.05, 0) is 31.9 Å². The van der Waals surface area contributed by atoms with Crippen LogP contribution in [-0.2, 0) is 0 Å². The molecule has 0 fully saturated rings. The van der Waals surface area contributed by atoms with E-state index in [9.17, 15) is 0 Å². The Balaban J connectivity index is 1.94. The zero-order valence-corrected chi connectivity index (χ0v) is 14.5. The third-order valence-corrected chi connectivity index (χ3v) is 8.43. The van der Waals surface area contributed by atoms with Crippen molar-refractivity contribution in [3.63, 3.8) is 0 Å². The second-order valence-electron chi connectivity index (χ2n) is 5.37. The number of fused-ring (bicyclic) bond motifs is 2. The second kappa shape index (κ2) is 5.71. The van der Waals surface area contributed by atoms with Crippen molar-refractivity contribution in [2.45, 2.75) is 0 Å². The molecule has 0 spiro atoms. The molecule has 2 heteroatoms. The number of hydrogen-bond acceptors (Lipinski definition) is 0. The van der Waals surface area contributed by atoms with Crippen LogP contribution in [0.2, 0.25) is 0 Å². The van der Waals surface area contributed by atoms with Gasteiger partial charge >= 0.3 is 0 Å².